The summed E-state index contributed by atoms with van der Waals surface area (Å²) in [5.41, 5.74) is 0. The number of amides is 6. The van der Waals surface area contributed by atoms with E-state index in [1.165, 1.54) is 27.7 Å². The molecule has 26 heteroatoms. The summed E-state index contributed by atoms with van der Waals surface area (Å²) in [7, 11) is 0. The first-order valence-electron chi connectivity index (χ1n) is 20.9. The van der Waals surface area contributed by atoms with Gasteiger partial charge in [-0.25, -0.2) is 9.59 Å². The van der Waals surface area contributed by atoms with Crippen molar-refractivity contribution < 1.29 is 95.3 Å². The number of nitrogens with one attached hydrogen (secondary N) is 6. The van der Waals surface area contributed by atoms with E-state index in [-0.39, 0.29) is 119 Å². The second kappa shape index (κ2) is 39.7. The van der Waals surface area contributed by atoms with Crippen molar-refractivity contribution in [3.63, 3.8) is 0 Å². The predicted molar refractivity (Wildman–Crippen MR) is 221 cm³/mol. The Morgan fingerprint density at radius 1 is 0.338 bits per heavy atom. The predicted octanol–water partition coefficient (Wildman–Crippen LogP) is -2.09. The monoisotopic (exact) mass is 938 g/mol. The summed E-state index contributed by atoms with van der Waals surface area (Å²) in [5.74, 6) is -4.41. The molecule has 0 aromatic carbocycles. The number of carbonyl (C=O) groups excluding carboxylic acids is 10. The number of rotatable bonds is 38. The van der Waals surface area contributed by atoms with Gasteiger partial charge in [-0.1, -0.05) is 0 Å². The maximum Gasteiger partial charge on any atom is 0.407 e. The van der Waals surface area contributed by atoms with E-state index in [0.717, 1.165) is 0 Å². The third-order valence-electron chi connectivity index (χ3n) is 7.61. The van der Waals surface area contributed by atoms with Crippen molar-refractivity contribution in [2.75, 3.05) is 119 Å². The van der Waals surface area contributed by atoms with Crippen LogP contribution in [0.25, 0.3) is 0 Å². The molecule has 2 atom stereocenters. The maximum absolute atomic E-state index is 12.9. The lowest BCUT2D eigenvalue weighted by Crippen LogP contribution is -2.50. The molecule has 6 N–H and O–H groups in total. The number of carbonyl (C=O) groups is 10. The van der Waals surface area contributed by atoms with Crippen LogP contribution in [0, 0.1) is 0 Å². The Hall–Kier alpha value is -5.86. The van der Waals surface area contributed by atoms with Gasteiger partial charge in [0.05, 0.1) is 78.9 Å². The summed E-state index contributed by atoms with van der Waals surface area (Å²) in [6.45, 7) is 5.86. The SMILES string of the molecule is CC(=O)OCCOCCNC(=O)CC(NC(=O)OCCCCCOC(=O)NC(CC(=O)NCCOCCOC(C)=O)C(=O)NCCOCCOC(C)=O)C(=O)NCCOCCOC(C)=O. The van der Waals surface area contributed by atoms with Gasteiger partial charge in [-0.15, -0.1) is 0 Å². The molecule has 0 radical (unpaired) electrons. The highest BCUT2D eigenvalue weighted by atomic mass is 16.6. The fourth-order valence-corrected chi connectivity index (χ4v) is 4.66. The number of ether oxygens (including phenoxy) is 10. The van der Waals surface area contributed by atoms with Crippen molar-refractivity contribution in [3.05, 3.63) is 0 Å². The smallest absolute Gasteiger partial charge is 0.407 e. The number of unbranched alkanes of at least 4 members (excludes halogenated alkanes) is 2. The first-order valence-corrected chi connectivity index (χ1v) is 20.9. The minimum Gasteiger partial charge on any atom is -0.463 e. The van der Waals surface area contributed by atoms with Gasteiger partial charge < -0.3 is 79.3 Å². The summed E-state index contributed by atoms with van der Waals surface area (Å²) in [5, 5.41) is 14.9. The standard InChI is InChI=1S/C39H66N6O20/c1-28(46)60-22-18-56-14-8-40-34(50)26-32(36(52)42-10-16-58-20-24-62-30(3)48)44-38(54)64-12-6-5-7-13-65-39(55)45-33(37(53)43-11-17-59-21-25-63-31(4)49)27-35(51)41-9-15-57-19-23-61-29(2)47/h32-33H,5-27H2,1-4H3,(H,40,50)(H,41,51)(H,42,52)(H,43,53)(H,44,54)(H,45,55). The molecule has 0 aromatic rings. The fraction of sp³-hybridized carbons (Fsp3) is 0.744. The Morgan fingerprint density at radius 2 is 0.631 bits per heavy atom. The van der Waals surface area contributed by atoms with E-state index in [9.17, 15) is 47.9 Å². The number of hydrogen-bond donors (Lipinski definition) is 6. The molecule has 0 aromatic heterocycles. The zero-order chi connectivity index (χ0) is 48.5. The van der Waals surface area contributed by atoms with Crippen LogP contribution in [0.4, 0.5) is 9.59 Å². The summed E-state index contributed by atoms with van der Waals surface area (Å²) in [6.07, 6.45) is -1.80. The van der Waals surface area contributed by atoms with Gasteiger partial charge in [0, 0.05) is 53.9 Å². The molecule has 0 saturated heterocycles. The van der Waals surface area contributed by atoms with E-state index in [4.69, 9.17) is 47.4 Å². The lowest BCUT2D eigenvalue weighted by Gasteiger charge is -2.18. The largest absolute Gasteiger partial charge is 0.463 e. The van der Waals surface area contributed by atoms with Crippen LogP contribution in [-0.2, 0) is 85.7 Å². The Labute approximate surface area is 377 Å². The molecule has 0 aliphatic rings. The van der Waals surface area contributed by atoms with Crippen molar-refractivity contribution in [2.45, 2.75) is 71.9 Å². The minimum absolute atomic E-state index is 0.0159. The quantitative estimate of drug-likeness (QED) is 0.0220. The molecule has 65 heavy (non-hydrogen) atoms. The normalized spacial score (nSPS) is 11.4. The lowest BCUT2D eigenvalue weighted by atomic mass is 10.2. The number of alkyl carbamates (subject to hydrolysis) is 2. The topological polar surface area (TPSA) is 335 Å². The van der Waals surface area contributed by atoms with E-state index in [2.05, 4.69) is 31.9 Å². The van der Waals surface area contributed by atoms with Crippen LogP contribution in [-0.4, -0.2) is 190 Å². The Bertz CT molecular complexity index is 1350. The van der Waals surface area contributed by atoms with Gasteiger partial charge in [0.2, 0.25) is 23.6 Å². The summed E-state index contributed by atoms with van der Waals surface area (Å²) >= 11 is 0. The van der Waals surface area contributed by atoms with Crippen molar-refractivity contribution >= 4 is 59.7 Å². The first kappa shape index (κ1) is 59.1. The zero-order valence-electron chi connectivity index (χ0n) is 37.6. The molecule has 372 valence electrons. The Balaban J connectivity index is 4.89. The maximum atomic E-state index is 12.9. The van der Waals surface area contributed by atoms with Crippen molar-refractivity contribution in [1.82, 2.24) is 31.9 Å². The first-order chi connectivity index (χ1) is 31.1. The second-order valence-electron chi connectivity index (χ2n) is 13.2. The van der Waals surface area contributed by atoms with Gasteiger partial charge in [-0.2, -0.15) is 0 Å². The van der Waals surface area contributed by atoms with Crippen LogP contribution < -0.4 is 31.9 Å². The van der Waals surface area contributed by atoms with Crippen LogP contribution in [0.2, 0.25) is 0 Å². The molecular formula is C39H66N6O20. The van der Waals surface area contributed by atoms with Crippen LogP contribution in [0.5, 0.6) is 0 Å². The third kappa shape index (κ3) is 39.5. The minimum atomic E-state index is -1.33. The zero-order valence-corrected chi connectivity index (χ0v) is 37.6. The summed E-state index contributed by atoms with van der Waals surface area (Å²) < 4.78 is 50.4. The molecule has 26 nitrogen and oxygen atoms in total. The molecule has 0 fully saturated rings. The number of esters is 4. The fourth-order valence-electron chi connectivity index (χ4n) is 4.66. The van der Waals surface area contributed by atoms with Gasteiger partial charge in [-0.05, 0) is 19.3 Å². The van der Waals surface area contributed by atoms with Crippen LogP contribution >= 0.6 is 0 Å². The van der Waals surface area contributed by atoms with Gasteiger partial charge in [0.15, 0.2) is 0 Å². The molecule has 0 spiro atoms. The number of hydrogen-bond acceptors (Lipinski definition) is 20. The van der Waals surface area contributed by atoms with E-state index < -0.39 is 84.6 Å². The molecule has 0 aliphatic carbocycles. The highest BCUT2D eigenvalue weighted by Gasteiger charge is 2.26. The molecule has 0 aliphatic heterocycles. The van der Waals surface area contributed by atoms with E-state index in [1.807, 2.05) is 0 Å². The molecule has 0 heterocycles. The summed E-state index contributed by atoms with van der Waals surface area (Å²) in [6, 6.07) is -2.66. The van der Waals surface area contributed by atoms with E-state index >= 15 is 0 Å². The molecule has 2 unspecified atom stereocenters. The average Bonchev–Trinajstić information content (AvgIpc) is 3.23. The van der Waals surface area contributed by atoms with Crippen molar-refractivity contribution in [1.29, 1.82) is 0 Å². The molecule has 0 bridgehead atoms. The molecule has 0 rings (SSSR count). The molecule has 6 amide bonds. The highest BCUT2D eigenvalue weighted by Crippen LogP contribution is 2.01. The highest BCUT2D eigenvalue weighted by molar-refractivity contribution is 5.91. The van der Waals surface area contributed by atoms with Crippen molar-refractivity contribution in [3.8, 4) is 0 Å². The third-order valence-corrected chi connectivity index (χ3v) is 7.61. The van der Waals surface area contributed by atoms with Gasteiger partial charge in [-0.3, -0.25) is 38.4 Å². The van der Waals surface area contributed by atoms with Gasteiger partial charge in [0.25, 0.3) is 0 Å². The average molecular weight is 939 g/mol. The molecule has 0 saturated carbocycles. The van der Waals surface area contributed by atoms with Crippen LogP contribution in [0.1, 0.15) is 59.8 Å². The molecular weight excluding hydrogens is 872 g/mol. The van der Waals surface area contributed by atoms with Crippen molar-refractivity contribution in [2.24, 2.45) is 0 Å². The van der Waals surface area contributed by atoms with E-state index in [1.54, 1.807) is 0 Å². The second-order valence-corrected chi connectivity index (χ2v) is 13.2. The lowest BCUT2D eigenvalue weighted by molar-refractivity contribution is -0.143. The van der Waals surface area contributed by atoms with Crippen LogP contribution in [0.3, 0.4) is 0 Å². The van der Waals surface area contributed by atoms with Crippen LogP contribution in [0.15, 0.2) is 0 Å². The van der Waals surface area contributed by atoms with Gasteiger partial charge in [0.1, 0.15) is 38.5 Å². The Kier molecular flexibility index (Phi) is 36.1. The summed E-state index contributed by atoms with van der Waals surface area (Å²) in [4.78, 5) is 119. The van der Waals surface area contributed by atoms with Gasteiger partial charge >= 0.3 is 36.1 Å². The van der Waals surface area contributed by atoms with E-state index in [0.29, 0.717) is 19.3 Å². The Morgan fingerprint density at radius 3 is 0.923 bits per heavy atom.